The van der Waals surface area contributed by atoms with Crippen molar-refractivity contribution in [1.82, 2.24) is 5.32 Å². The highest BCUT2D eigenvalue weighted by molar-refractivity contribution is 5.87. The molecular weight excluding hydrogens is 462 g/mol. The monoisotopic (exact) mass is 505 g/mol. The molecule has 3 aliphatic heterocycles. The van der Waals surface area contributed by atoms with Crippen molar-refractivity contribution in [2.24, 2.45) is 5.41 Å². The quantitative estimate of drug-likeness (QED) is 0.231. The van der Waals surface area contributed by atoms with Crippen LogP contribution in [0.1, 0.15) is 67.7 Å². The standard InChI is InChI=1S/C28H43NO7/c1-19(8-11-22-14-28(18-34-28)17-27(6,7)36-22)9-13-24-32-15-21(16-33-24)29-23(30)12-10-20(2)35-25(31)26(3,4)5/h8-12,20-22,24H,13-18H2,1-7H3,(H,29,30)/t20?,21?,22-,24?,28-/m1/s1. The molecule has 3 fully saturated rings. The average Bonchev–Trinajstić information content (AvgIpc) is 3.51. The average molecular weight is 506 g/mol. The highest BCUT2D eigenvalue weighted by atomic mass is 16.7. The van der Waals surface area contributed by atoms with Crippen molar-refractivity contribution in [1.29, 1.82) is 0 Å². The third-order valence-electron chi connectivity index (χ3n) is 6.29. The topological polar surface area (TPSA) is 95.6 Å². The summed E-state index contributed by atoms with van der Waals surface area (Å²) < 4.78 is 28.8. The number of carbonyl (C=O) groups excluding carboxylic acids is 2. The minimum absolute atomic E-state index is 0.0111. The van der Waals surface area contributed by atoms with Crippen molar-refractivity contribution in [2.75, 3.05) is 19.8 Å². The Kier molecular flexibility index (Phi) is 9.20. The fourth-order valence-corrected chi connectivity index (χ4v) is 4.37. The number of hydrogen-bond donors (Lipinski definition) is 1. The van der Waals surface area contributed by atoms with E-state index >= 15 is 0 Å². The number of nitrogens with one attached hydrogen (secondary N) is 1. The summed E-state index contributed by atoms with van der Waals surface area (Å²) in [6.45, 7) is 14.9. The molecule has 1 N–H and O–H groups in total. The molecule has 0 aromatic carbocycles. The number of hydrogen-bond acceptors (Lipinski definition) is 7. The van der Waals surface area contributed by atoms with Crippen molar-refractivity contribution < 1.29 is 33.3 Å². The van der Waals surface area contributed by atoms with Crippen LogP contribution in [0.15, 0.2) is 36.0 Å². The summed E-state index contributed by atoms with van der Waals surface area (Å²) in [5.41, 5.74) is 0.362. The minimum atomic E-state index is -0.586. The van der Waals surface area contributed by atoms with Gasteiger partial charge >= 0.3 is 5.97 Å². The van der Waals surface area contributed by atoms with Crippen molar-refractivity contribution in [3.05, 3.63) is 36.0 Å². The summed E-state index contributed by atoms with van der Waals surface area (Å²) in [5, 5.41) is 2.85. The molecule has 0 radical (unpaired) electrons. The van der Waals surface area contributed by atoms with Gasteiger partial charge in [-0.1, -0.05) is 23.8 Å². The van der Waals surface area contributed by atoms with Crippen molar-refractivity contribution >= 4 is 11.9 Å². The molecule has 0 saturated carbocycles. The van der Waals surface area contributed by atoms with Gasteiger partial charge < -0.3 is 29.0 Å². The lowest BCUT2D eigenvalue weighted by atomic mass is 9.85. The maximum Gasteiger partial charge on any atom is 0.311 e. The van der Waals surface area contributed by atoms with Crippen LogP contribution in [0.2, 0.25) is 0 Å². The fourth-order valence-electron chi connectivity index (χ4n) is 4.37. The zero-order chi connectivity index (χ0) is 26.6. The van der Waals surface area contributed by atoms with Crippen LogP contribution < -0.4 is 5.32 Å². The van der Waals surface area contributed by atoms with Crippen LogP contribution in [-0.2, 0) is 33.3 Å². The van der Waals surface area contributed by atoms with Crippen molar-refractivity contribution in [2.45, 2.75) is 103 Å². The Bertz CT molecular complexity index is 865. The van der Waals surface area contributed by atoms with Crippen LogP contribution in [0.25, 0.3) is 0 Å². The third kappa shape index (κ3) is 9.14. The van der Waals surface area contributed by atoms with Gasteiger partial charge in [-0.05, 0) is 54.5 Å². The van der Waals surface area contributed by atoms with Gasteiger partial charge in [-0.3, -0.25) is 9.59 Å². The van der Waals surface area contributed by atoms with Crippen molar-refractivity contribution in [3.63, 3.8) is 0 Å². The number of amides is 1. The molecule has 1 spiro atoms. The Morgan fingerprint density at radius 3 is 2.44 bits per heavy atom. The Balaban J connectivity index is 1.35. The molecule has 202 valence electrons. The highest BCUT2D eigenvalue weighted by Crippen LogP contribution is 2.46. The predicted octanol–water partition coefficient (Wildman–Crippen LogP) is 4.00. The summed E-state index contributed by atoms with van der Waals surface area (Å²) in [6.07, 6.45) is 10.9. The van der Waals surface area contributed by atoms with Crippen LogP contribution in [0.4, 0.5) is 0 Å². The molecule has 0 bridgehead atoms. The third-order valence-corrected chi connectivity index (χ3v) is 6.29. The van der Waals surface area contributed by atoms with Crippen LogP contribution in [0, 0.1) is 5.41 Å². The minimum Gasteiger partial charge on any atom is -0.458 e. The van der Waals surface area contributed by atoms with E-state index in [1.807, 2.05) is 6.92 Å². The van der Waals surface area contributed by atoms with Gasteiger partial charge in [0.05, 0.1) is 48.6 Å². The molecule has 36 heavy (non-hydrogen) atoms. The van der Waals surface area contributed by atoms with Crippen LogP contribution in [0.5, 0.6) is 0 Å². The first kappa shape index (κ1) is 28.6. The number of ether oxygens (including phenoxy) is 5. The molecule has 8 heteroatoms. The maximum atomic E-state index is 12.2. The summed E-state index contributed by atoms with van der Waals surface area (Å²) >= 11 is 0. The van der Waals surface area contributed by atoms with Crippen LogP contribution >= 0.6 is 0 Å². The Morgan fingerprint density at radius 1 is 1.17 bits per heavy atom. The largest absolute Gasteiger partial charge is 0.458 e. The first-order chi connectivity index (χ1) is 16.8. The van der Waals surface area contributed by atoms with E-state index in [1.165, 1.54) is 6.08 Å². The van der Waals surface area contributed by atoms with Gasteiger partial charge in [0.25, 0.3) is 0 Å². The molecule has 0 aromatic heterocycles. The van der Waals surface area contributed by atoms with Gasteiger partial charge in [0.2, 0.25) is 5.91 Å². The molecule has 3 heterocycles. The molecule has 3 saturated heterocycles. The SMILES string of the molecule is CC(C=C[C@@H]1C[C@]2(CO2)CC(C)(C)O1)=CCC1OCC(NC(=O)C=CC(C)OC(=O)C(C)(C)C)CO1. The summed E-state index contributed by atoms with van der Waals surface area (Å²) in [4.78, 5) is 24.1. The molecule has 3 rings (SSSR count). The van der Waals surface area contributed by atoms with Gasteiger partial charge in [0, 0.05) is 25.3 Å². The van der Waals surface area contributed by atoms with E-state index in [4.69, 9.17) is 23.7 Å². The lowest BCUT2D eigenvalue weighted by Gasteiger charge is -2.38. The number of carbonyl (C=O) groups is 2. The first-order valence-corrected chi connectivity index (χ1v) is 12.9. The maximum absolute atomic E-state index is 12.2. The molecule has 1 amide bonds. The summed E-state index contributed by atoms with van der Waals surface area (Å²) in [7, 11) is 0. The number of allylic oxidation sites excluding steroid dienone is 2. The lowest BCUT2D eigenvalue weighted by Crippen LogP contribution is -2.46. The van der Waals surface area contributed by atoms with E-state index in [-0.39, 0.29) is 41.5 Å². The number of rotatable bonds is 8. The van der Waals surface area contributed by atoms with E-state index in [9.17, 15) is 9.59 Å². The fraction of sp³-hybridized carbons (Fsp3) is 0.714. The van der Waals surface area contributed by atoms with E-state index in [0.717, 1.165) is 25.0 Å². The Labute approximate surface area is 215 Å². The van der Waals surface area contributed by atoms with Crippen molar-refractivity contribution in [3.8, 4) is 0 Å². The van der Waals surface area contributed by atoms with Gasteiger partial charge in [0.15, 0.2) is 6.29 Å². The van der Waals surface area contributed by atoms with Crippen LogP contribution in [-0.4, -0.2) is 67.4 Å². The molecule has 1 unspecified atom stereocenters. The second kappa shape index (κ2) is 11.6. The lowest BCUT2D eigenvalue weighted by molar-refractivity contribution is -0.187. The zero-order valence-electron chi connectivity index (χ0n) is 22.8. The Hall–Kier alpha value is -2.00. The number of esters is 1. The van der Waals surface area contributed by atoms with E-state index in [0.29, 0.717) is 19.6 Å². The molecule has 3 aliphatic rings. The van der Waals surface area contributed by atoms with Gasteiger partial charge in [-0.15, -0.1) is 0 Å². The number of epoxide rings is 1. The normalized spacial score (nSPS) is 31.5. The van der Waals surface area contributed by atoms with Gasteiger partial charge in [-0.2, -0.15) is 0 Å². The zero-order valence-corrected chi connectivity index (χ0v) is 22.8. The Morgan fingerprint density at radius 2 is 1.83 bits per heavy atom. The van der Waals surface area contributed by atoms with E-state index in [1.54, 1.807) is 33.8 Å². The first-order valence-electron chi connectivity index (χ1n) is 12.9. The molecule has 8 nitrogen and oxygen atoms in total. The van der Waals surface area contributed by atoms with E-state index < -0.39 is 11.5 Å². The predicted molar refractivity (Wildman–Crippen MR) is 136 cm³/mol. The summed E-state index contributed by atoms with van der Waals surface area (Å²) in [6, 6.07) is -0.237. The van der Waals surface area contributed by atoms with Gasteiger partial charge in [0.1, 0.15) is 6.10 Å². The van der Waals surface area contributed by atoms with E-state index in [2.05, 4.69) is 37.4 Å². The molecule has 3 atom stereocenters. The van der Waals surface area contributed by atoms with Gasteiger partial charge in [-0.25, -0.2) is 0 Å². The molecule has 0 aliphatic carbocycles. The smallest absolute Gasteiger partial charge is 0.311 e. The molecular formula is C28H43NO7. The summed E-state index contributed by atoms with van der Waals surface area (Å²) in [5.74, 6) is -0.593. The highest BCUT2D eigenvalue weighted by Gasteiger charge is 2.53. The second-order valence-electron chi connectivity index (χ2n) is 11.8. The second-order valence-corrected chi connectivity index (χ2v) is 11.8. The van der Waals surface area contributed by atoms with Crippen LogP contribution in [0.3, 0.4) is 0 Å². The molecule has 0 aromatic rings.